The van der Waals surface area contributed by atoms with Gasteiger partial charge in [0.2, 0.25) is 0 Å². The maximum Gasteiger partial charge on any atom is 0.255 e. The van der Waals surface area contributed by atoms with Crippen molar-refractivity contribution in [2.75, 3.05) is 19.7 Å². The molecule has 0 atom stereocenters. The smallest absolute Gasteiger partial charge is 0.255 e. The average Bonchev–Trinajstić information content (AvgIpc) is 3.39. The molecule has 21 heavy (non-hydrogen) atoms. The Morgan fingerprint density at radius 3 is 2.52 bits per heavy atom. The molecule has 2 aliphatic rings. The van der Waals surface area contributed by atoms with Gasteiger partial charge in [-0.15, -0.1) is 0 Å². The van der Waals surface area contributed by atoms with Crippen molar-refractivity contribution in [3.05, 3.63) is 29.6 Å². The lowest BCUT2D eigenvalue weighted by Crippen LogP contribution is -2.35. The van der Waals surface area contributed by atoms with E-state index in [-0.39, 0.29) is 12.5 Å². The Hall–Kier alpha value is -1.86. The quantitative estimate of drug-likeness (QED) is 0.837. The summed E-state index contributed by atoms with van der Waals surface area (Å²) >= 11 is 0. The normalized spacial score (nSPS) is 17.0. The molecule has 0 bridgehead atoms. The van der Waals surface area contributed by atoms with E-state index in [0.717, 1.165) is 13.1 Å². The lowest BCUT2D eigenvalue weighted by atomic mass is 10.1. The molecule has 110 valence electrons. The molecule has 2 fully saturated rings. The van der Waals surface area contributed by atoms with Gasteiger partial charge in [-0.3, -0.25) is 9.78 Å². The number of nitrogens with zero attached hydrogens (tertiary/aromatic N) is 2. The van der Waals surface area contributed by atoms with Gasteiger partial charge >= 0.3 is 0 Å². The van der Waals surface area contributed by atoms with E-state index in [1.54, 1.807) is 18.5 Å². The van der Waals surface area contributed by atoms with Gasteiger partial charge in [0.1, 0.15) is 6.61 Å². The summed E-state index contributed by atoms with van der Waals surface area (Å²) < 4.78 is 0. The molecule has 3 rings (SSSR count). The third-order valence-corrected chi connectivity index (χ3v) is 3.99. The van der Waals surface area contributed by atoms with Gasteiger partial charge in [0.25, 0.3) is 5.91 Å². The first-order valence-corrected chi connectivity index (χ1v) is 7.61. The van der Waals surface area contributed by atoms with Crippen molar-refractivity contribution in [1.82, 2.24) is 9.88 Å². The molecule has 1 aromatic heterocycles. The number of hydrogen-bond donors (Lipinski definition) is 1. The zero-order valence-corrected chi connectivity index (χ0v) is 12.1. The average molecular weight is 284 g/mol. The van der Waals surface area contributed by atoms with Crippen LogP contribution in [0.3, 0.4) is 0 Å². The molecular formula is C17H20N2O2. The molecule has 1 aromatic rings. The molecular weight excluding hydrogens is 264 g/mol. The van der Waals surface area contributed by atoms with Crippen LogP contribution in [0, 0.1) is 23.7 Å². The molecule has 4 heteroatoms. The van der Waals surface area contributed by atoms with E-state index in [1.165, 1.54) is 25.7 Å². The van der Waals surface area contributed by atoms with Crippen LogP contribution in [0.5, 0.6) is 0 Å². The van der Waals surface area contributed by atoms with Gasteiger partial charge in [-0.1, -0.05) is 11.8 Å². The Morgan fingerprint density at radius 1 is 1.29 bits per heavy atom. The van der Waals surface area contributed by atoms with Crippen LogP contribution >= 0.6 is 0 Å². The van der Waals surface area contributed by atoms with E-state index in [2.05, 4.69) is 16.8 Å². The summed E-state index contributed by atoms with van der Waals surface area (Å²) in [5.74, 6) is 6.84. The number of carbonyl (C=O) groups is 1. The zero-order valence-electron chi connectivity index (χ0n) is 12.1. The number of hydrogen-bond acceptors (Lipinski definition) is 3. The number of aromatic nitrogens is 1. The zero-order chi connectivity index (χ0) is 14.7. The summed E-state index contributed by atoms with van der Waals surface area (Å²) in [4.78, 5) is 18.8. The summed E-state index contributed by atoms with van der Waals surface area (Å²) in [5, 5.41) is 8.83. The highest BCUT2D eigenvalue weighted by Gasteiger charge is 2.32. The van der Waals surface area contributed by atoms with Crippen molar-refractivity contribution < 1.29 is 9.90 Å². The Morgan fingerprint density at radius 2 is 1.95 bits per heavy atom. The first-order valence-electron chi connectivity index (χ1n) is 7.61. The number of rotatable bonds is 5. The van der Waals surface area contributed by atoms with Crippen LogP contribution in [0.1, 0.15) is 41.6 Å². The monoisotopic (exact) mass is 284 g/mol. The Balaban J connectivity index is 1.80. The summed E-state index contributed by atoms with van der Waals surface area (Å²) in [6.45, 7) is 1.52. The predicted octanol–water partition coefficient (Wildman–Crippen LogP) is 1.69. The molecule has 2 aliphatic carbocycles. The fraction of sp³-hybridized carbons (Fsp3) is 0.529. The predicted molar refractivity (Wildman–Crippen MR) is 79.6 cm³/mol. The van der Waals surface area contributed by atoms with Crippen LogP contribution < -0.4 is 0 Å². The van der Waals surface area contributed by atoms with Gasteiger partial charge in [-0.05, 0) is 43.6 Å². The minimum atomic E-state index is -0.212. The molecule has 0 unspecified atom stereocenters. The van der Waals surface area contributed by atoms with Gasteiger partial charge in [0, 0.05) is 25.5 Å². The van der Waals surface area contributed by atoms with E-state index in [4.69, 9.17) is 5.11 Å². The Kier molecular flexibility index (Phi) is 4.21. The Bertz CT molecular complexity index is 566. The molecule has 0 radical (unpaired) electrons. The molecule has 4 nitrogen and oxygen atoms in total. The van der Waals surface area contributed by atoms with Crippen LogP contribution in [0.4, 0.5) is 0 Å². The third kappa shape index (κ3) is 3.83. The van der Waals surface area contributed by atoms with E-state index >= 15 is 0 Å². The van der Waals surface area contributed by atoms with Crippen molar-refractivity contribution in [2.24, 2.45) is 11.8 Å². The van der Waals surface area contributed by atoms with Gasteiger partial charge in [-0.25, -0.2) is 0 Å². The maximum atomic E-state index is 12.8. The highest BCUT2D eigenvalue weighted by atomic mass is 16.2. The van der Waals surface area contributed by atoms with Gasteiger partial charge in [-0.2, -0.15) is 0 Å². The van der Waals surface area contributed by atoms with E-state index < -0.39 is 0 Å². The van der Waals surface area contributed by atoms with Crippen LogP contribution in [0.15, 0.2) is 18.5 Å². The van der Waals surface area contributed by atoms with E-state index in [9.17, 15) is 4.79 Å². The number of aliphatic hydroxyl groups is 1. The van der Waals surface area contributed by atoms with Crippen molar-refractivity contribution in [3.8, 4) is 11.8 Å². The van der Waals surface area contributed by atoms with Crippen molar-refractivity contribution in [1.29, 1.82) is 0 Å². The molecule has 1 amide bonds. The molecule has 0 saturated heterocycles. The largest absolute Gasteiger partial charge is 0.384 e. The number of aliphatic hydroxyl groups excluding tert-OH is 1. The number of amides is 1. The third-order valence-electron chi connectivity index (χ3n) is 3.99. The number of carbonyl (C=O) groups excluding carboxylic acids is 1. The standard InChI is InChI=1S/C17H20N2O2/c20-9-1-2-15-10-18-8-7-16(15)17(21)19(11-13-3-4-13)12-14-5-6-14/h7-8,10,13-14,20H,3-6,9,11-12H2. The highest BCUT2D eigenvalue weighted by molar-refractivity contribution is 5.96. The summed E-state index contributed by atoms with van der Waals surface area (Å²) in [6, 6.07) is 1.73. The first-order chi connectivity index (χ1) is 10.3. The van der Waals surface area contributed by atoms with E-state index in [0.29, 0.717) is 23.0 Å². The molecule has 0 aliphatic heterocycles. The van der Waals surface area contributed by atoms with Crippen molar-refractivity contribution in [2.45, 2.75) is 25.7 Å². The maximum absolute atomic E-state index is 12.8. The SMILES string of the molecule is O=C(c1ccncc1C#CCO)N(CC1CC1)CC1CC1. The van der Waals surface area contributed by atoms with Gasteiger partial charge < -0.3 is 10.0 Å². The molecule has 1 N–H and O–H groups in total. The molecule has 0 aromatic carbocycles. The lowest BCUT2D eigenvalue weighted by Gasteiger charge is -2.23. The van der Waals surface area contributed by atoms with Crippen LogP contribution in [0.25, 0.3) is 0 Å². The summed E-state index contributed by atoms with van der Waals surface area (Å²) in [7, 11) is 0. The molecule has 0 spiro atoms. The fourth-order valence-electron chi connectivity index (χ4n) is 2.45. The van der Waals surface area contributed by atoms with Crippen LogP contribution in [-0.4, -0.2) is 40.6 Å². The lowest BCUT2D eigenvalue weighted by molar-refractivity contribution is 0.0739. The van der Waals surface area contributed by atoms with Crippen molar-refractivity contribution in [3.63, 3.8) is 0 Å². The molecule has 1 heterocycles. The summed E-state index contributed by atoms with van der Waals surface area (Å²) in [5.41, 5.74) is 1.21. The second-order valence-corrected chi connectivity index (χ2v) is 5.98. The second kappa shape index (κ2) is 6.28. The number of pyridine rings is 1. The molecule has 2 saturated carbocycles. The second-order valence-electron chi connectivity index (χ2n) is 5.98. The minimum Gasteiger partial charge on any atom is -0.384 e. The minimum absolute atomic E-state index is 0.0541. The Labute approximate surface area is 125 Å². The van der Waals surface area contributed by atoms with E-state index in [1.807, 2.05) is 4.90 Å². The van der Waals surface area contributed by atoms with Gasteiger partial charge in [0.15, 0.2) is 0 Å². The van der Waals surface area contributed by atoms with Crippen LogP contribution in [0.2, 0.25) is 0 Å². The topological polar surface area (TPSA) is 53.4 Å². The van der Waals surface area contributed by atoms with Crippen molar-refractivity contribution >= 4 is 5.91 Å². The fourth-order valence-corrected chi connectivity index (χ4v) is 2.45. The highest BCUT2D eigenvalue weighted by Crippen LogP contribution is 2.34. The van der Waals surface area contributed by atoms with Crippen LogP contribution in [-0.2, 0) is 0 Å². The van der Waals surface area contributed by atoms with Gasteiger partial charge in [0.05, 0.1) is 11.1 Å². The first kappa shape index (κ1) is 14.1. The summed E-state index contributed by atoms with van der Waals surface area (Å²) in [6.07, 6.45) is 8.18.